The Balaban J connectivity index is 0. The predicted molar refractivity (Wildman–Crippen MR) is 34.2 cm³/mol. The average Bonchev–Trinajstić information content (AvgIpc) is 1.65. The third kappa shape index (κ3) is 6.11. The molecule has 0 aromatic rings. The van der Waals surface area contributed by atoms with E-state index >= 15 is 0 Å². The lowest BCUT2D eigenvalue weighted by Crippen LogP contribution is -1.93. The molecule has 0 amide bonds. The lowest BCUT2D eigenvalue weighted by Gasteiger charge is -1.84. The molecule has 2 nitrogen and oxygen atoms in total. The molecule has 0 heterocycles. The van der Waals surface area contributed by atoms with Crippen molar-refractivity contribution in [2.75, 3.05) is 11.5 Å². The molecule has 0 saturated carbocycles. The normalized spacial score (nSPS) is 8.43. The monoisotopic (exact) mass is 123 g/mol. The van der Waals surface area contributed by atoms with Gasteiger partial charge in [0.15, 0.2) is 0 Å². The fraction of sp³-hybridized carbons (Fsp3) is 1.00. The maximum Gasteiger partial charge on any atom is 0.0206 e. The second kappa shape index (κ2) is 6.11. The first kappa shape index (κ1) is 10.2. The minimum absolute atomic E-state index is 0. The highest BCUT2D eigenvalue weighted by Gasteiger charge is 1.83. The summed E-state index contributed by atoms with van der Waals surface area (Å²) in [7, 11) is -0.534. The first-order chi connectivity index (χ1) is 2.81. The standard InChI is InChI=1S/C4H10OS.H3N/c1-3-6(5)4-2;/h3-4H2,1-2H3;1H3. The van der Waals surface area contributed by atoms with Gasteiger partial charge >= 0.3 is 0 Å². The van der Waals surface area contributed by atoms with Gasteiger partial charge in [0.25, 0.3) is 0 Å². The zero-order valence-electron chi connectivity index (χ0n) is 4.94. The summed E-state index contributed by atoms with van der Waals surface area (Å²) in [6, 6.07) is 0. The zero-order valence-corrected chi connectivity index (χ0v) is 5.75. The van der Waals surface area contributed by atoms with E-state index in [4.69, 9.17) is 0 Å². The van der Waals surface area contributed by atoms with Gasteiger partial charge in [-0.15, -0.1) is 0 Å². The van der Waals surface area contributed by atoms with Crippen molar-refractivity contribution in [1.82, 2.24) is 6.15 Å². The Labute approximate surface area is 47.3 Å². The van der Waals surface area contributed by atoms with Gasteiger partial charge in [0.05, 0.1) is 0 Å². The van der Waals surface area contributed by atoms with Crippen molar-refractivity contribution in [2.45, 2.75) is 13.8 Å². The highest BCUT2D eigenvalue weighted by Crippen LogP contribution is 1.75. The molecule has 3 N–H and O–H groups in total. The Bertz CT molecular complexity index is 49.7. The summed E-state index contributed by atoms with van der Waals surface area (Å²) < 4.78 is 10.3. The van der Waals surface area contributed by atoms with Gasteiger partial charge in [-0.3, -0.25) is 4.21 Å². The molecule has 0 aliphatic carbocycles. The minimum Gasteiger partial charge on any atom is -0.344 e. The van der Waals surface area contributed by atoms with Gasteiger partial charge < -0.3 is 6.15 Å². The molecular weight excluding hydrogens is 110 g/mol. The summed E-state index contributed by atoms with van der Waals surface area (Å²) >= 11 is 0. The third-order valence-corrected chi connectivity index (χ3v) is 1.93. The van der Waals surface area contributed by atoms with E-state index in [2.05, 4.69) is 0 Å². The number of rotatable bonds is 2. The quantitative estimate of drug-likeness (QED) is 0.594. The molecule has 0 radical (unpaired) electrons. The second-order valence-corrected chi connectivity index (χ2v) is 3.05. The molecule has 0 spiro atoms. The SMILES string of the molecule is CCS(=O)CC.N. The molecule has 46 valence electrons. The van der Waals surface area contributed by atoms with Gasteiger partial charge in [0.2, 0.25) is 0 Å². The van der Waals surface area contributed by atoms with E-state index in [1.165, 1.54) is 0 Å². The number of hydrogen-bond acceptors (Lipinski definition) is 2. The molecular formula is C4H13NOS. The zero-order chi connectivity index (χ0) is 4.99. The molecule has 0 aromatic carbocycles. The van der Waals surface area contributed by atoms with Crippen LogP contribution in [0.4, 0.5) is 0 Å². The summed E-state index contributed by atoms with van der Waals surface area (Å²) in [6.07, 6.45) is 0. The van der Waals surface area contributed by atoms with E-state index < -0.39 is 10.8 Å². The Morgan fingerprint density at radius 3 is 1.57 bits per heavy atom. The van der Waals surface area contributed by atoms with Crippen LogP contribution in [-0.4, -0.2) is 15.7 Å². The van der Waals surface area contributed by atoms with Gasteiger partial charge in [-0.05, 0) is 0 Å². The first-order valence-corrected chi connectivity index (χ1v) is 3.65. The highest BCUT2D eigenvalue weighted by molar-refractivity contribution is 7.84. The summed E-state index contributed by atoms with van der Waals surface area (Å²) in [5, 5.41) is 0. The van der Waals surface area contributed by atoms with Gasteiger partial charge in [-0.1, -0.05) is 13.8 Å². The van der Waals surface area contributed by atoms with E-state index in [1.54, 1.807) is 0 Å². The van der Waals surface area contributed by atoms with Crippen molar-refractivity contribution < 1.29 is 4.21 Å². The molecule has 0 bridgehead atoms. The van der Waals surface area contributed by atoms with Gasteiger partial charge in [0.1, 0.15) is 0 Å². The molecule has 0 fully saturated rings. The van der Waals surface area contributed by atoms with Crippen LogP contribution in [0.1, 0.15) is 13.8 Å². The molecule has 0 atom stereocenters. The van der Waals surface area contributed by atoms with Crippen molar-refractivity contribution >= 4 is 10.8 Å². The van der Waals surface area contributed by atoms with E-state index in [0.29, 0.717) is 0 Å². The lowest BCUT2D eigenvalue weighted by molar-refractivity contribution is 0.684. The first-order valence-electron chi connectivity index (χ1n) is 2.16. The summed E-state index contributed by atoms with van der Waals surface area (Å²) in [6.45, 7) is 3.86. The van der Waals surface area contributed by atoms with Crippen LogP contribution in [0.15, 0.2) is 0 Å². The van der Waals surface area contributed by atoms with Gasteiger partial charge in [-0.25, -0.2) is 0 Å². The smallest absolute Gasteiger partial charge is 0.0206 e. The van der Waals surface area contributed by atoms with Crippen LogP contribution in [0.25, 0.3) is 0 Å². The van der Waals surface area contributed by atoms with Crippen LogP contribution >= 0.6 is 0 Å². The van der Waals surface area contributed by atoms with Gasteiger partial charge in [0, 0.05) is 22.3 Å². The Morgan fingerprint density at radius 2 is 1.57 bits per heavy atom. The molecule has 0 unspecified atom stereocenters. The second-order valence-electron chi connectivity index (χ2n) is 1.02. The van der Waals surface area contributed by atoms with E-state index in [-0.39, 0.29) is 6.15 Å². The number of hydrogen-bond donors (Lipinski definition) is 1. The minimum atomic E-state index is -0.534. The molecule has 0 saturated heterocycles. The van der Waals surface area contributed by atoms with E-state index in [0.717, 1.165) is 11.5 Å². The topological polar surface area (TPSA) is 52.1 Å². The van der Waals surface area contributed by atoms with Crippen LogP contribution < -0.4 is 6.15 Å². The van der Waals surface area contributed by atoms with Crippen molar-refractivity contribution in [3.8, 4) is 0 Å². The van der Waals surface area contributed by atoms with Crippen LogP contribution in [0, 0.1) is 0 Å². The molecule has 0 aliphatic rings. The van der Waals surface area contributed by atoms with Gasteiger partial charge in [-0.2, -0.15) is 0 Å². The van der Waals surface area contributed by atoms with E-state index in [9.17, 15) is 4.21 Å². The van der Waals surface area contributed by atoms with Crippen molar-refractivity contribution in [3.63, 3.8) is 0 Å². The average molecular weight is 123 g/mol. The molecule has 0 aliphatic heterocycles. The molecule has 0 aromatic heterocycles. The van der Waals surface area contributed by atoms with Crippen molar-refractivity contribution in [2.24, 2.45) is 0 Å². The van der Waals surface area contributed by atoms with Crippen molar-refractivity contribution in [1.29, 1.82) is 0 Å². The highest BCUT2D eigenvalue weighted by atomic mass is 32.2. The largest absolute Gasteiger partial charge is 0.344 e. The summed E-state index contributed by atoms with van der Waals surface area (Å²) in [5.41, 5.74) is 0. The van der Waals surface area contributed by atoms with Crippen LogP contribution in [0.5, 0.6) is 0 Å². The predicted octanol–water partition coefficient (Wildman–Crippen LogP) is 0.937. The van der Waals surface area contributed by atoms with Crippen molar-refractivity contribution in [3.05, 3.63) is 0 Å². The Kier molecular flexibility index (Phi) is 8.87. The fourth-order valence-electron chi connectivity index (χ4n) is 0.204. The summed E-state index contributed by atoms with van der Waals surface area (Å²) in [4.78, 5) is 0. The van der Waals surface area contributed by atoms with Crippen LogP contribution in [-0.2, 0) is 10.8 Å². The fourth-order valence-corrected chi connectivity index (χ4v) is 0.612. The van der Waals surface area contributed by atoms with Crippen LogP contribution in [0.3, 0.4) is 0 Å². The molecule has 0 rings (SSSR count). The molecule has 3 heteroatoms. The Hall–Kier alpha value is 0.110. The maximum absolute atomic E-state index is 10.3. The lowest BCUT2D eigenvalue weighted by atomic mass is 11.0. The third-order valence-electron chi connectivity index (χ3n) is 0.644. The summed E-state index contributed by atoms with van der Waals surface area (Å²) in [5.74, 6) is 1.60. The van der Waals surface area contributed by atoms with E-state index in [1.807, 2.05) is 13.8 Å². The Morgan fingerprint density at radius 1 is 1.29 bits per heavy atom. The van der Waals surface area contributed by atoms with Crippen LogP contribution in [0.2, 0.25) is 0 Å². The maximum atomic E-state index is 10.3. The molecule has 7 heavy (non-hydrogen) atoms.